The van der Waals surface area contributed by atoms with Crippen LogP contribution in [0, 0.1) is 11.3 Å². The third-order valence-electron chi connectivity index (χ3n) is 5.71. The lowest BCUT2D eigenvalue weighted by atomic mass is 9.82. The van der Waals surface area contributed by atoms with Crippen LogP contribution in [-0.4, -0.2) is 17.6 Å². The van der Waals surface area contributed by atoms with Gasteiger partial charge in [0.1, 0.15) is 0 Å². The van der Waals surface area contributed by atoms with E-state index in [4.69, 9.17) is 34.8 Å². The minimum atomic E-state index is -0.744. The molecule has 3 aromatic carbocycles. The van der Waals surface area contributed by atoms with Gasteiger partial charge < -0.3 is 16.0 Å². The number of nitrogens with one attached hydrogen (secondary N) is 3. The summed E-state index contributed by atoms with van der Waals surface area (Å²) in [5.41, 5.74) is 2.80. The van der Waals surface area contributed by atoms with Crippen LogP contribution in [0.25, 0.3) is 0 Å². The summed E-state index contributed by atoms with van der Waals surface area (Å²) < 4.78 is 0. The fraction of sp³-hybridized carbons (Fsp3) is 0.107. The summed E-state index contributed by atoms with van der Waals surface area (Å²) >= 11 is 19.9. The van der Waals surface area contributed by atoms with E-state index in [0.29, 0.717) is 43.3 Å². The Balaban J connectivity index is 1.64. The second kappa shape index (κ2) is 12.4. The molecule has 0 fully saturated rings. The molecule has 10 heteroatoms. The molecule has 192 valence electrons. The maximum Gasteiger partial charge on any atom is 0.254 e. The number of benzene rings is 3. The number of dihydropyridines is 1. The maximum atomic E-state index is 13.5. The molecule has 1 heterocycles. The summed E-state index contributed by atoms with van der Waals surface area (Å²) in [5.74, 6) is -1.47. The number of rotatable bonds is 7. The minimum Gasteiger partial charge on any atom is -0.353 e. The third-order valence-corrected chi connectivity index (χ3v) is 7.89. The Labute approximate surface area is 239 Å². The van der Waals surface area contributed by atoms with Gasteiger partial charge in [-0.15, -0.1) is 0 Å². The van der Waals surface area contributed by atoms with Crippen LogP contribution in [0.4, 0.5) is 11.4 Å². The molecule has 1 aliphatic heterocycles. The number of nitrogens with zero attached hydrogens (tertiary/aromatic N) is 1. The van der Waals surface area contributed by atoms with E-state index in [-0.39, 0.29) is 28.2 Å². The first-order valence-electron chi connectivity index (χ1n) is 11.4. The van der Waals surface area contributed by atoms with Gasteiger partial charge in [-0.05, 0) is 42.8 Å². The standard InChI is InChI=1S/C28H21Cl3N4O2S/c1-16-24(27(37)34-17-8-3-2-4-9-17)25(18-10-5-6-11-20(18)29)19(14-32)28(33-16)38-15-23(36)35-22-13-7-12-21(30)26(22)31/h2-13,25,33H,15H2,1H3,(H,34,37)(H,35,36)/t25-/m0/s1. The predicted molar refractivity (Wildman–Crippen MR) is 155 cm³/mol. The highest BCUT2D eigenvalue weighted by Crippen LogP contribution is 2.43. The highest BCUT2D eigenvalue weighted by molar-refractivity contribution is 8.03. The molecule has 0 saturated carbocycles. The van der Waals surface area contributed by atoms with E-state index in [9.17, 15) is 14.9 Å². The summed E-state index contributed by atoms with van der Waals surface area (Å²) in [6.45, 7) is 1.75. The zero-order valence-electron chi connectivity index (χ0n) is 20.0. The number of carbonyl (C=O) groups excluding carboxylic acids is 2. The van der Waals surface area contributed by atoms with Crippen molar-refractivity contribution in [1.82, 2.24) is 5.32 Å². The van der Waals surface area contributed by atoms with E-state index in [1.165, 1.54) is 0 Å². The Bertz CT molecular complexity index is 1500. The number of nitriles is 1. The number of amides is 2. The van der Waals surface area contributed by atoms with E-state index in [1.807, 2.05) is 18.2 Å². The third kappa shape index (κ3) is 6.17. The van der Waals surface area contributed by atoms with Crippen molar-refractivity contribution in [2.24, 2.45) is 0 Å². The number of hydrogen-bond acceptors (Lipinski definition) is 5. The Morgan fingerprint density at radius 2 is 1.63 bits per heavy atom. The van der Waals surface area contributed by atoms with Crippen LogP contribution in [0.3, 0.4) is 0 Å². The highest BCUT2D eigenvalue weighted by atomic mass is 35.5. The van der Waals surface area contributed by atoms with Gasteiger partial charge in [0.15, 0.2) is 0 Å². The SMILES string of the molecule is CC1=C(C(=O)Nc2ccccc2)[C@@H](c2ccccc2Cl)C(C#N)=C(SCC(=O)Nc2cccc(Cl)c2Cl)N1. The molecule has 3 aromatic rings. The lowest BCUT2D eigenvalue weighted by Gasteiger charge is -2.30. The van der Waals surface area contributed by atoms with E-state index in [0.717, 1.165) is 11.8 Å². The quantitative estimate of drug-likeness (QED) is 0.270. The fourth-order valence-corrected chi connectivity index (χ4v) is 5.48. The van der Waals surface area contributed by atoms with Crippen molar-refractivity contribution < 1.29 is 9.59 Å². The average molecular weight is 584 g/mol. The van der Waals surface area contributed by atoms with Gasteiger partial charge in [0, 0.05) is 22.0 Å². The van der Waals surface area contributed by atoms with E-state index in [1.54, 1.807) is 61.5 Å². The predicted octanol–water partition coefficient (Wildman–Crippen LogP) is 7.35. The lowest BCUT2D eigenvalue weighted by molar-refractivity contribution is -0.114. The van der Waals surface area contributed by atoms with Gasteiger partial charge in [-0.25, -0.2) is 0 Å². The summed E-state index contributed by atoms with van der Waals surface area (Å²) in [6.07, 6.45) is 0. The van der Waals surface area contributed by atoms with Crippen molar-refractivity contribution in [1.29, 1.82) is 5.26 Å². The zero-order valence-corrected chi connectivity index (χ0v) is 23.1. The van der Waals surface area contributed by atoms with Crippen LogP contribution in [0.2, 0.25) is 15.1 Å². The fourth-order valence-electron chi connectivity index (χ4n) is 3.99. The number of thioether (sulfide) groups is 1. The summed E-state index contributed by atoms with van der Waals surface area (Å²) in [4.78, 5) is 26.2. The molecule has 0 unspecified atom stereocenters. The number of anilines is 2. The Morgan fingerprint density at radius 3 is 2.34 bits per heavy atom. The van der Waals surface area contributed by atoms with Crippen LogP contribution in [0.1, 0.15) is 18.4 Å². The summed E-state index contributed by atoms with van der Waals surface area (Å²) in [6, 6.07) is 23.3. The molecule has 6 nitrogen and oxygen atoms in total. The Kier molecular flexibility index (Phi) is 9.03. The van der Waals surface area contributed by atoms with Gasteiger partial charge in [0.05, 0.1) is 44.1 Å². The van der Waals surface area contributed by atoms with Gasteiger partial charge in [-0.2, -0.15) is 5.26 Å². The summed E-state index contributed by atoms with van der Waals surface area (Å²) in [7, 11) is 0. The largest absolute Gasteiger partial charge is 0.353 e. The average Bonchev–Trinajstić information content (AvgIpc) is 2.90. The van der Waals surface area contributed by atoms with E-state index < -0.39 is 5.92 Å². The van der Waals surface area contributed by atoms with Crippen LogP contribution in [-0.2, 0) is 9.59 Å². The van der Waals surface area contributed by atoms with Gasteiger partial charge in [0.25, 0.3) is 5.91 Å². The number of carbonyl (C=O) groups is 2. The molecule has 4 rings (SSSR count). The molecule has 0 radical (unpaired) electrons. The van der Waals surface area contributed by atoms with Crippen molar-refractivity contribution in [2.45, 2.75) is 12.8 Å². The molecule has 38 heavy (non-hydrogen) atoms. The lowest BCUT2D eigenvalue weighted by Crippen LogP contribution is -2.31. The molecule has 0 spiro atoms. The number of hydrogen-bond donors (Lipinski definition) is 3. The Morgan fingerprint density at radius 1 is 0.947 bits per heavy atom. The van der Waals surface area contributed by atoms with Crippen LogP contribution in [0.5, 0.6) is 0 Å². The van der Waals surface area contributed by atoms with Crippen molar-refractivity contribution in [2.75, 3.05) is 16.4 Å². The van der Waals surface area contributed by atoms with Crippen LogP contribution in [0.15, 0.2) is 94.7 Å². The number of halogens is 3. The first-order valence-corrected chi connectivity index (χ1v) is 13.5. The van der Waals surface area contributed by atoms with Crippen molar-refractivity contribution >= 4 is 69.8 Å². The summed E-state index contributed by atoms with van der Waals surface area (Å²) in [5, 5.41) is 20.5. The first-order chi connectivity index (χ1) is 18.3. The zero-order chi connectivity index (χ0) is 27.2. The monoisotopic (exact) mass is 582 g/mol. The minimum absolute atomic E-state index is 0.0234. The molecule has 1 aliphatic rings. The maximum absolute atomic E-state index is 13.5. The normalized spacial score (nSPS) is 15.0. The highest BCUT2D eigenvalue weighted by Gasteiger charge is 2.36. The van der Waals surface area contributed by atoms with Crippen LogP contribution >= 0.6 is 46.6 Å². The van der Waals surface area contributed by atoms with E-state index in [2.05, 4.69) is 22.0 Å². The van der Waals surface area contributed by atoms with Gasteiger partial charge in [-0.3, -0.25) is 9.59 Å². The van der Waals surface area contributed by atoms with Gasteiger partial charge in [-0.1, -0.05) is 89.0 Å². The van der Waals surface area contributed by atoms with E-state index >= 15 is 0 Å². The molecule has 3 N–H and O–H groups in total. The molecular weight excluding hydrogens is 563 g/mol. The molecule has 0 aliphatic carbocycles. The molecule has 0 saturated heterocycles. The number of para-hydroxylation sites is 1. The van der Waals surface area contributed by atoms with Gasteiger partial charge >= 0.3 is 0 Å². The Hall–Kier alpha value is -3.41. The smallest absolute Gasteiger partial charge is 0.254 e. The van der Waals surface area contributed by atoms with Crippen LogP contribution < -0.4 is 16.0 Å². The number of allylic oxidation sites excluding steroid dienone is 2. The van der Waals surface area contributed by atoms with Gasteiger partial charge in [0.2, 0.25) is 5.91 Å². The van der Waals surface area contributed by atoms with Crippen molar-refractivity contribution in [3.8, 4) is 6.07 Å². The second-order valence-electron chi connectivity index (χ2n) is 8.23. The molecule has 0 bridgehead atoms. The second-order valence-corrected chi connectivity index (χ2v) is 10.4. The molecule has 2 amide bonds. The molecular formula is C28H21Cl3N4O2S. The first kappa shape index (κ1) is 27.6. The molecule has 1 atom stereocenters. The molecule has 0 aromatic heterocycles. The van der Waals surface area contributed by atoms with Crippen molar-refractivity contribution in [3.05, 3.63) is 115 Å². The van der Waals surface area contributed by atoms with Crippen molar-refractivity contribution in [3.63, 3.8) is 0 Å². The topological polar surface area (TPSA) is 94.0 Å².